The number of fused-ring (bicyclic) bond motifs is 10. The highest BCUT2D eigenvalue weighted by Gasteiger charge is 2.49. The summed E-state index contributed by atoms with van der Waals surface area (Å²) >= 11 is 0. The van der Waals surface area contributed by atoms with Crippen LogP contribution in [0.2, 0.25) is 0 Å². The molecule has 0 radical (unpaired) electrons. The lowest BCUT2D eigenvalue weighted by Crippen LogP contribution is -2.61. The Balaban J connectivity index is 0.690. The van der Waals surface area contributed by atoms with E-state index in [0.717, 1.165) is 38.5 Å². The number of anilines is 12. The first-order valence-electron chi connectivity index (χ1n) is 48.3. The zero-order chi connectivity index (χ0) is 91.5. The molecule has 14 aromatic carbocycles. The van der Waals surface area contributed by atoms with Gasteiger partial charge in [-0.25, -0.2) is 0 Å². The summed E-state index contributed by atoms with van der Waals surface area (Å²) in [7, 11) is 0. The second kappa shape index (κ2) is 30.5. The molecular formula is C124H132B2N4. The highest BCUT2D eigenvalue weighted by Crippen LogP contribution is 2.55. The predicted octanol–water partition coefficient (Wildman–Crippen LogP) is 29.9. The molecule has 6 aliphatic rings. The molecule has 0 saturated carbocycles. The van der Waals surface area contributed by atoms with Crippen LogP contribution < -0.4 is 52.4 Å². The molecule has 0 spiro atoms. The molecule has 2 aliphatic carbocycles. The van der Waals surface area contributed by atoms with Crippen molar-refractivity contribution in [3.8, 4) is 44.5 Å². The van der Waals surface area contributed by atoms with Crippen molar-refractivity contribution >= 4 is 114 Å². The molecule has 0 fully saturated rings. The predicted molar refractivity (Wildman–Crippen MR) is 563 cm³/mol. The molecule has 654 valence electrons. The van der Waals surface area contributed by atoms with E-state index in [2.05, 4.69) is 466 Å². The normalized spacial score (nSPS) is 15.4. The van der Waals surface area contributed by atoms with E-state index >= 15 is 0 Å². The SMILES string of the molecule is Cc1cc2c3c(c1)N(c1ccc(C(C)(C)C)cc1-c1cccc(-c4ccc(C(C)(C)C)cc4)c1)c1cc4c(cc1B3c1cc(C(C)(C)C)ccc1N2c1ccc(C(C)(C)CCC(C)(C)c2ccc(N3c5cc6c(cc5B5c7cc(C(C)(C)C)ccc7N(c7ccc(C(C)(C)C)cc7)c7cc(C)cc3c75)CC(C)(C)C6)c(-c3ccc(-c5ccccc5)cc3)c2)cc1)CC(C)(C)C4. The van der Waals surface area contributed by atoms with Gasteiger partial charge in [0.15, 0.2) is 0 Å². The van der Waals surface area contributed by atoms with Crippen LogP contribution in [0.5, 0.6) is 0 Å². The highest BCUT2D eigenvalue weighted by molar-refractivity contribution is 7.01. The van der Waals surface area contributed by atoms with Gasteiger partial charge in [0.1, 0.15) is 0 Å². The van der Waals surface area contributed by atoms with E-state index in [-0.39, 0.29) is 62.2 Å². The minimum Gasteiger partial charge on any atom is -0.311 e. The number of aryl methyl sites for hydroxylation is 2. The summed E-state index contributed by atoms with van der Waals surface area (Å²) in [5, 5.41) is 0. The van der Waals surface area contributed by atoms with Gasteiger partial charge in [-0.2, -0.15) is 0 Å². The van der Waals surface area contributed by atoms with Crippen molar-refractivity contribution in [1.82, 2.24) is 0 Å². The van der Waals surface area contributed by atoms with Gasteiger partial charge >= 0.3 is 0 Å². The molecule has 14 aromatic rings. The van der Waals surface area contributed by atoms with Crippen LogP contribution in [0.15, 0.2) is 273 Å². The van der Waals surface area contributed by atoms with Crippen LogP contribution in [-0.4, -0.2) is 13.4 Å². The van der Waals surface area contributed by atoms with Crippen molar-refractivity contribution in [3.63, 3.8) is 0 Å². The van der Waals surface area contributed by atoms with Crippen molar-refractivity contribution in [2.24, 2.45) is 10.8 Å². The number of hydrogen-bond acceptors (Lipinski definition) is 4. The number of hydrogen-bond donors (Lipinski definition) is 0. The second-order valence-corrected chi connectivity index (χ2v) is 47.8. The monoisotopic (exact) mass is 1700 g/mol. The van der Waals surface area contributed by atoms with Gasteiger partial charge in [-0.1, -0.05) is 329 Å². The Morgan fingerprint density at radius 1 is 0.238 bits per heavy atom. The van der Waals surface area contributed by atoms with Gasteiger partial charge in [-0.05, 0) is 343 Å². The summed E-state index contributed by atoms with van der Waals surface area (Å²) in [6.45, 7) is 59.7. The Morgan fingerprint density at radius 2 is 0.546 bits per heavy atom. The van der Waals surface area contributed by atoms with Gasteiger partial charge in [0.05, 0.1) is 11.4 Å². The van der Waals surface area contributed by atoms with Crippen LogP contribution in [0.3, 0.4) is 0 Å². The Hall–Kier alpha value is -11.6. The number of nitrogens with zero attached hydrogens (tertiary/aromatic N) is 4. The first-order valence-corrected chi connectivity index (χ1v) is 48.3. The zero-order valence-electron chi connectivity index (χ0n) is 82.2. The average Bonchev–Trinajstić information content (AvgIpc) is 0.979. The summed E-state index contributed by atoms with van der Waals surface area (Å²) < 4.78 is 0. The second-order valence-electron chi connectivity index (χ2n) is 47.8. The molecule has 20 rings (SSSR count). The van der Waals surface area contributed by atoms with Gasteiger partial charge in [0.25, 0.3) is 13.4 Å². The van der Waals surface area contributed by atoms with Crippen LogP contribution in [0.1, 0.15) is 244 Å². The molecule has 0 aromatic heterocycles. The van der Waals surface area contributed by atoms with E-state index in [9.17, 15) is 0 Å². The summed E-state index contributed by atoms with van der Waals surface area (Å²) in [5.41, 5.74) is 50.4. The van der Waals surface area contributed by atoms with E-state index in [4.69, 9.17) is 0 Å². The van der Waals surface area contributed by atoms with E-state index in [1.165, 1.54) is 218 Å². The van der Waals surface area contributed by atoms with Gasteiger partial charge < -0.3 is 19.6 Å². The smallest absolute Gasteiger partial charge is 0.252 e. The third-order valence-corrected chi connectivity index (χ3v) is 30.4. The molecule has 4 nitrogen and oxygen atoms in total. The zero-order valence-corrected chi connectivity index (χ0v) is 82.2. The van der Waals surface area contributed by atoms with Crippen LogP contribution in [0.4, 0.5) is 68.2 Å². The molecule has 130 heavy (non-hydrogen) atoms. The Morgan fingerprint density at radius 3 is 0.985 bits per heavy atom. The Labute approximate surface area is 778 Å². The molecule has 0 saturated heterocycles. The van der Waals surface area contributed by atoms with Crippen molar-refractivity contribution in [3.05, 3.63) is 345 Å². The number of benzene rings is 14. The van der Waals surface area contributed by atoms with Crippen LogP contribution in [0, 0.1) is 24.7 Å². The Bertz CT molecular complexity index is 6880. The summed E-state index contributed by atoms with van der Waals surface area (Å²) in [6.07, 6.45) is 6.16. The van der Waals surface area contributed by atoms with E-state index in [0.29, 0.717) is 0 Å². The summed E-state index contributed by atoms with van der Waals surface area (Å²) in [4.78, 5) is 10.7. The third kappa shape index (κ3) is 15.2. The molecule has 0 N–H and O–H groups in total. The summed E-state index contributed by atoms with van der Waals surface area (Å²) in [6, 6.07) is 109. The molecule has 0 unspecified atom stereocenters. The van der Waals surface area contributed by atoms with Gasteiger partial charge in [-0.3, -0.25) is 0 Å². The maximum atomic E-state index is 2.72. The average molecular weight is 1700 g/mol. The summed E-state index contributed by atoms with van der Waals surface area (Å²) in [5.74, 6) is 0. The number of rotatable bonds is 13. The first-order chi connectivity index (χ1) is 61.3. The minimum atomic E-state index is -0.225. The van der Waals surface area contributed by atoms with E-state index in [1.807, 2.05) is 0 Å². The molecule has 6 heteroatoms. The first kappa shape index (κ1) is 86.4. The van der Waals surface area contributed by atoms with Crippen molar-refractivity contribution in [2.75, 3.05) is 19.6 Å². The standard InChI is InChI=1S/C124H132B2N4/c1-77-60-110-114-112(62-77)129(108-67-87-75-121(18,19)73-85(87)65-100(108)125(114)102-71-93(119(12,13)14)47-56-106(102)127(110)96-50-42-90(43-51-96)117(6,7)8)104-55-49-95(70-98(104)82-36-34-80(35-37-82)79-30-27-26-28-31-79)124(24,25)59-58-123(22,23)91-44-52-97(53-45-91)128-107-57-48-94(120(15,16)17)72-103(107)126-101-66-86-74-122(20,21)76-88(86)68-109(101)130(113-63-78(2)61-111(128)115(113)126)105-54-46-92(118(9,10)11)69-99(105)84-33-29-32-83(64-84)81-38-40-89(41-39-81)116(3,4)5/h26-57,60-72H,58-59,73-76H2,1-25H3. The van der Waals surface area contributed by atoms with Crippen molar-refractivity contribution in [1.29, 1.82) is 0 Å². The largest absolute Gasteiger partial charge is 0.311 e. The van der Waals surface area contributed by atoms with Crippen LogP contribution in [-0.2, 0) is 63.6 Å². The highest BCUT2D eigenvalue weighted by atomic mass is 15.2. The van der Waals surface area contributed by atoms with Crippen LogP contribution >= 0.6 is 0 Å². The molecule has 4 aliphatic heterocycles. The quantitative estimate of drug-likeness (QED) is 0.107. The molecule has 4 heterocycles. The molecular weight excluding hydrogens is 1570 g/mol. The molecule has 0 atom stereocenters. The molecule has 0 amide bonds. The topological polar surface area (TPSA) is 13.0 Å². The van der Waals surface area contributed by atoms with Crippen molar-refractivity contribution < 1.29 is 0 Å². The fourth-order valence-corrected chi connectivity index (χ4v) is 22.8. The third-order valence-electron chi connectivity index (χ3n) is 30.4. The maximum absolute atomic E-state index is 2.72. The minimum absolute atomic E-state index is 0.000209. The van der Waals surface area contributed by atoms with Gasteiger partial charge in [-0.15, -0.1) is 0 Å². The van der Waals surface area contributed by atoms with Crippen molar-refractivity contribution in [2.45, 2.75) is 250 Å². The fourth-order valence-electron chi connectivity index (χ4n) is 22.8. The van der Waals surface area contributed by atoms with E-state index in [1.54, 1.807) is 0 Å². The lowest BCUT2D eigenvalue weighted by Gasteiger charge is -2.45. The fraction of sp³-hybridized carbons (Fsp3) is 0.323. The lowest BCUT2D eigenvalue weighted by molar-refractivity contribution is 0.375. The lowest BCUT2D eigenvalue weighted by atomic mass is 9.33. The van der Waals surface area contributed by atoms with Crippen LogP contribution in [0.25, 0.3) is 44.5 Å². The van der Waals surface area contributed by atoms with Gasteiger partial charge in [0, 0.05) is 68.0 Å². The molecule has 0 bridgehead atoms. The van der Waals surface area contributed by atoms with E-state index < -0.39 is 0 Å². The Kier molecular flexibility index (Phi) is 20.3. The van der Waals surface area contributed by atoms with Gasteiger partial charge in [0.2, 0.25) is 0 Å². The maximum Gasteiger partial charge on any atom is 0.252 e.